The average Bonchev–Trinajstić information content (AvgIpc) is 3.23. The number of aromatic nitrogens is 2. The minimum Gasteiger partial charge on any atom is -0.334 e. The molecule has 0 atom stereocenters. The maximum Gasteiger partial charge on any atom is 0.257 e. The maximum atomic E-state index is 6.39. The molecule has 5 nitrogen and oxygen atoms in total. The van der Waals surface area contributed by atoms with Crippen LogP contribution in [0.4, 0.5) is 0 Å². The molecular weight excluding hydrogens is 288 g/mol. The Labute approximate surface area is 137 Å². The van der Waals surface area contributed by atoms with Crippen molar-refractivity contribution in [2.75, 3.05) is 13.1 Å². The van der Waals surface area contributed by atoms with E-state index in [1.54, 1.807) is 0 Å². The van der Waals surface area contributed by atoms with Crippen LogP contribution in [0.1, 0.15) is 50.9 Å². The third-order valence-electron chi connectivity index (χ3n) is 4.87. The first-order chi connectivity index (χ1) is 11.1. The van der Waals surface area contributed by atoms with Gasteiger partial charge >= 0.3 is 0 Å². The van der Waals surface area contributed by atoms with Gasteiger partial charge in [0.15, 0.2) is 5.82 Å². The fourth-order valence-electron chi connectivity index (χ4n) is 3.23. The van der Waals surface area contributed by atoms with Gasteiger partial charge in [0.05, 0.1) is 5.54 Å². The molecule has 0 amide bonds. The highest BCUT2D eigenvalue weighted by atomic mass is 16.5. The fourth-order valence-corrected chi connectivity index (χ4v) is 3.23. The molecule has 2 aromatic rings. The van der Waals surface area contributed by atoms with E-state index < -0.39 is 5.54 Å². The second-order valence-electron chi connectivity index (χ2n) is 6.44. The average molecular weight is 314 g/mol. The molecule has 23 heavy (non-hydrogen) atoms. The molecule has 0 spiro atoms. The standard InChI is InChI=1S/C18H26N4O/c1-3-22(4-2)13-14-7-9-15(10-8-14)16-20-17(21-23-16)18(19)11-5-6-12-18/h7-10H,3-6,11-13,19H2,1-2H3. The Balaban J connectivity index is 1.74. The van der Waals surface area contributed by atoms with Crippen molar-refractivity contribution in [1.82, 2.24) is 15.0 Å². The van der Waals surface area contributed by atoms with Crippen LogP contribution in [0, 0.1) is 0 Å². The number of nitrogens with two attached hydrogens (primary N) is 1. The molecule has 2 N–H and O–H groups in total. The zero-order chi connectivity index (χ0) is 16.3. The Hall–Kier alpha value is -1.72. The second kappa shape index (κ2) is 6.81. The van der Waals surface area contributed by atoms with Crippen LogP contribution in [0.25, 0.3) is 11.5 Å². The lowest BCUT2D eigenvalue weighted by Gasteiger charge is -2.18. The van der Waals surface area contributed by atoms with Gasteiger partial charge in [0.2, 0.25) is 0 Å². The Kier molecular flexibility index (Phi) is 4.78. The third-order valence-corrected chi connectivity index (χ3v) is 4.87. The van der Waals surface area contributed by atoms with Gasteiger partial charge in [-0.05, 0) is 43.6 Å². The number of hydrogen-bond acceptors (Lipinski definition) is 5. The lowest BCUT2D eigenvalue weighted by atomic mass is 9.98. The Morgan fingerprint density at radius 3 is 2.39 bits per heavy atom. The topological polar surface area (TPSA) is 68.2 Å². The number of rotatable bonds is 6. The molecule has 1 aromatic heterocycles. The Morgan fingerprint density at radius 2 is 1.78 bits per heavy atom. The van der Waals surface area contributed by atoms with Gasteiger partial charge in [-0.3, -0.25) is 4.90 Å². The van der Waals surface area contributed by atoms with E-state index in [1.165, 1.54) is 5.56 Å². The molecule has 1 saturated carbocycles. The highest BCUT2D eigenvalue weighted by molar-refractivity contribution is 5.53. The quantitative estimate of drug-likeness (QED) is 0.886. The normalized spacial score (nSPS) is 17.0. The first-order valence-corrected chi connectivity index (χ1v) is 8.59. The van der Waals surface area contributed by atoms with Crippen LogP contribution in [-0.2, 0) is 12.1 Å². The van der Waals surface area contributed by atoms with Crippen LogP contribution in [0.2, 0.25) is 0 Å². The highest BCUT2D eigenvalue weighted by Crippen LogP contribution is 2.35. The predicted molar refractivity (Wildman–Crippen MR) is 90.7 cm³/mol. The van der Waals surface area contributed by atoms with Gasteiger partial charge in [-0.25, -0.2) is 0 Å². The molecule has 0 aliphatic heterocycles. The lowest BCUT2D eigenvalue weighted by Crippen LogP contribution is -2.34. The van der Waals surface area contributed by atoms with Crippen LogP contribution in [-0.4, -0.2) is 28.1 Å². The lowest BCUT2D eigenvalue weighted by molar-refractivity contribution is 0.296. The largest absolute Gasteiger partial charge is 0.334 e. The first kappa shape index (κ1) is 16.1. The van der Waals surface area contributed by atoms with E-state index in [1.807, 2.05) is 12.1 Å². The van der Waals surface area contributed by atoms with Crippen molar-refractivity contribution in [3.63, 3.8) is 0 Å². The van der Waals surface area contributed by atoms with Crippen LogP contribution < -0.4 is 5.73 Å². The van der Waals surface area contributed by atoms with Gasteiger partial charge in [0.25, 0.3) is 5.89 Å². The van der Waals surface area contributed by atoms with Crippen LogP contribution in [0.3, 0.4) is 0 Å². The number of hydrogen-bond donors (Lipinski definition) is 1. The minimum absolute atomic E-state index is 0.398. The predicted octanol–water partition coefficient (Wildman–Crippen LogP) is 3.31. The van der Waals surface area contributed by atoms with E-state index in [9.17, 15) is 0 Å². The Morgan fingerprint density at radius 1 is 1.13 bits per heavy atom. The minimum atomic E-state index is -0.398. The molecule has 1 aromatic carbocycles. The zero-order valence-electron chi connectivity index (χ0n) is 14.1. The smallest absolute Gasteiger partial charge is 0.257 e. The summed E-state index contributed by atoms with van der Waals surface area (Å²) in [5, 5.41) is 4.12. The summed E-state index contributed by atoms with van der Waals surface area (Å²) < 4.78 is 5.44. The fraction of sp³-hybridized carbons (Fsp3) is 0.556. The number of nitrogens with zero attached hydrogens (tertiary/aromatic N) is 3. The van der Waals surface area contributed by atoms with Crippen LogP contribution in [0.15, 0.2) is 28.8 Å². The first-order valence-electron chi connectivity index (χ1n) is 8.59. The molecule has 0 unspecified atom stereocenters. The van der Waals surface area contributed by atoms with Crippen molar-refractivity contribution in [2.45, 2.75) is 51.6 Å². The van der Waals surface area contributed by atoms with Gasteiger partial charge in [0, 0.05) is 12.1 Å². The molecular formula is C18H26N4O. The van der Waals surface area contributed by atoms with E-state index in [0.29, 0.717) is 11.7 Å². The summed E-state index contributed by atoms with van der Waals surface area (Å²) in [4.78, 5) is 6.93. The monoisotopic (exact) mass is 314 g/mol. The van der Waals surface area contributed by atoms with Crippen LogP contribution in [0.5, 0.6) is 0 Å². The highest BCUT2D eigenvalue weighted by Gasteiger charge is 2.36. The summed E-state index contributed by atoms with van der Waals surface area (Å²) in [6.45, 7) is 7.45. The van der Waals surface area contributed by atoms with E-state index in [2.05, 4.69) is 41.0 Å². The molecule has 5 heteroatoms. The maximum absolute atomic E-state index is 6.39. The van der Waals surface area contributed by atoms with Crippen molar-refractivity contribution in [3.05, 3.63) is 35.7 Å². The summed E-state index contributed by atoms with van der Waals surface area (Å²) in [5.41, 5.74) is 8.24. The van der Waals surface area contributed by atoms with Gasteiger partial charge in [-0.15, -0.1) is 0 Å². The van der Waals surface area contributed by atoms with E-state index in [-0.39, 0.29) is 0 Å². The van der Waals surface area contributed by atoms with Gasteiger partial charge in [-0.1, -0.05) is 44.0 Å². The summed E-state index contributed by atoms with van der Waals surface area (Å²) in [6, 6.07) is 8.36. The van der Waals surface area contributed by atoms with Crippen molar-refractivity contribution >= 4 is 0 Å². The van der Waals surface area contributed by atoms with Crippen molar-refractivity contribution in [3.8, 4) is 11.5 Å². The SMILES string of the molecule is CCN(CC)Cc1ccc(-c2nc(C3(N)CCCC3)no2)cc1. The summed E-state index contributed by atoms with van der Waals surface area (Å²) in [5.74, 6) is 1.21. The van der Waals surface area contributed by atoms with Crippen molar-refractivity contribution in [2.24, 2.45) is 5.73 Å². The van der Waals surface area contributed by atoms with Gasteiger partial charge in [-0.2, -0.15) is 4.98 Å². The zero-order valence-corrected chi connectivity index (χ0v) is 14.1. The van der Waals surface area contributed by atoms with Crippen molar-refractivity contribution in [1.29, 1.82) is 0 Å². The van der Waals surface area contributed by atoms with E-state index in [0.717, 1.165) is 50.9 Å². The molecule has 124 valence electrons. The summed E-state index contributed by atoms with van der Waals surface area (Å²) in [7, 11) is 0. The molecule has 0 bridgehead atoms. The molecule has 1 aliphatic carbocycles. The number of benzene rings is 1. The molecule has 1 fully saturated rings. The van der Waals surface area contributed by atoms with Gasteiger partial charge < -0.3 is 10.3 Å². The van der Waals surface area contributed by atoms with Crippen molar-refractivity contribution < 1.29 is 4.52 Å². The molecule has 1 heterocycles. The third kappa shape index (κ3) is 3.46. The molecule has 0 radical (unpaired) electrons. The van der Waals surface area contributed by atoms with Crippen LogP contribution >= 0.6 is 0 Å². The summed E-state index contributed by atoms with van der Waals surface area (Å²) >= 11 is 0. The second-order valence-corrected chi connectivity index (χ2v) is 6.44. The van der Waals surface area contributed by atoms with E-state index in [4.69, 9.17) is 10.3 Å². The molecule has 1 aliphatic rings. The Bertz CT molecular complexity index is 625. The van der Waals surface area contributed by atoms with E-state index >= 15 is 0 Å². The summed E-state index contributed by atoms with van der Waals surface area (Å²) in [6.07, 6.45) is 4.16. The molecule has 3 rings (SSSR count). The molecule has 0 saturated heterocycles. The van der Waals surface area contributed by atoms with Gasteiger partial charge in [0.1, 0.15) is 0 Å².